The number of rotatable bonds is 7. The van der Waals surface area contributed by atoms with Crippen LogP contribution in [0.25, 0.3) is 0 Å². The molecule has 0 saturated carbocycles. The van der Waals surface area contributed by atoms with Crippen LogP contribution in [0.2, 0.25) is 0 Å². The van der Waals surface area contributed by atoms with Gasteiger partial charge in [0.15, 0.2) is 0 Å². The van der Waals surface area contributed by atoms with E-state index in [4.69, 9.17) is 9.84 Å². The number of unbranched alkanes of at least 4 members (excludes halogenated alkanes) is 3. The highest BCUT2D eigenvalue weighted by Crippen LogP contribution is 2.21. The number of hydrogen-bond acceptors (Lipinski definition) is 3. The summed E-state index contributed by atoms with van der Waals surface area (Å²) in [6.07, 6.45) is 3.96. The Morgan fingerprint density at radius 3 is 2.50 bits per heavy atom. The molecule has 0 aromatic heterocycles. The lowest BCUT2D eigenvalue weighted by molar-refractivity contribution is 0.273. The smallest absolute Gasteiger partial charge is 0.123 e. The molecule has 3 nitrogen and oxygen atoms in total. The summed E-state index contributed by atoms with van der Waals surface area (Å²) in [6, 6.07) is 5.24. The van der Waals surface area contributed by atoms with E-state index in [2.05, 4.69) is 0 Å². The Hall–Kier alpha value is -1.22. The fraction of sp³-hybridized carbons (Fsp3) is 0.538. The van der Waals surface area contributed by atoms with Gasteiger partial charge in [0.2, 0.25) is 0 Å². The molecule has 16 heavy (non-hydrogen) atoms. The molecule has 0 amide bonds. The van der Waals surface area contributed by atoms with Gasteiger partial charge in [-0.15, -0.1) is 0 Å². The molecule has 0 saturated heterocycles. The van der Waals surface area contributed by atoms with Crippen molar-refractivity contribution in [2.24, 2.45) is 0 Å². The molecule has 1 aromatic carbocycles. The SMILES string of the molecule is Cc1cc(O)cc(OCCCCCCO)c1. The van der Waals surface area contributed by atoms with Gasteiger partial charge >= 0.3 is 0 Å². The zero-order chi connectivity index (χ0) is 11.8. The highest BCUT2D eigenvalue weighted by molar-refractivity contribution is 5.36. The van der Waals surface area contributed by atoms with Crippen LogP contribution in [0, 0.1) is 6.92 Å². The molecule has 0 heterocycles. The van der Waals surface area contributed by atoms with E-state index in [-0.39, 0.29) is 12.4 Å². The fourth-order valence-electron chi connectivity index (χ4n) is 1.57. The minimum atomic E-state index is 0.246. The first-order chi connectivity index (χ1) is 7.72. The monoisotopic (exact) mass is 224 g/mol. The van der Waals surface area contributed by atoms with Gasteiger partial charge in [0.05, 0.1) is 6.61 Å². The lowest BCUT2D eigenvalue weighted by atomic mass is 10.2. The third-order valence-corrected chi connectivity index (χ3v) is 2.36. The zero-order valence-electron chi connectivity index (χ0n) is 9.78. The molecule has 90 valence electrons. The summed E-state index contributed by atoms with van der Waals surface area (Å²) in [5.74, 6) is 0.968. The summed E-state index contributed by atoms with van der Waals surface area (Å²) >= 11 is 0. The average Bonchev–Trinajstić information content (AvgIpc) is 2.22. The van der Waals surface area contributed by atoms with E-state index in [1.54, 1.807) is 12.1 Å². The van der Waals surface area contributed by atoms with Crippen LogP contribution in [-0.2, 0) is 0 Å². The fourth-order valence-corrected chi connectivity index (χ4v) is 1.57. The molecule has 0 unspecified atom stereocenters. The molecule has 0 atom stereocenters. The summed E-state index contributed by atoms with van der Waals surface area (Å²) in [5.41, 5.74) is 0.996. The highest BCUT2D eigenvalue weighted by Gasteiger charge is 1.98. The molecule has 0 aliphatic heterocycles. The van der Waals surface area contributed by atoms with Crippen molar-refractivity contribution in [1.29, 1.82) is 0 Å². The number of hydrogen-bond donors (Lipinski definition) is 2. The van der Waals surface area contributed by atoms with Gasteiger partial charge in [-0.1, -0.05) is 6.42 Å². The Labute approximate surface area is 96.7 Å². The van der Waals surface area contributed by atoms with Crippen LogP contribution >= 0.6 is 0 Å². The number of aliphatic hydroxyl groups is 1. The Kier molecular flexibility index (Phi) is 5.72. The molecule has 1 rings (SSSR count). The Morgan fingerprint density at radius 2 is 1.81 bits per heavy atom. The summed E-state index contributed by atoms with van der Waals surface area (Å²) in [5, 5.41) is 18.0. The molecule has 0 spiro atoms. The van der Waals surface area contributed by atoms with Crippen molar-refractivity contribution in [2.45, 2.75) is 32.6 Å². The predicted molar refractivity (Wildman–Crippen MR) is 63.9 cm³/mol. The molecule has 0 aliphatic rings. The highest BCUT2D eigenvalue weighted by atomic mass is 16.5. The largest absolute Gasteiger partial charge is 0.508 e. The maximum Gasteiger partial charge on any atom is 0.123 e. The summed E-state index contributed by atoms with van der Waals surface area (Å²) in [7, 11) is 0. The second-order valence-corrected chi connectivity index (χ2v) is 3.99. The molecule has 0 aliphatic carbocycles. The molecule has 3 heteroatoms. The number of aryl methyl sites for hydroxylation is 1. The lowest BCUT2D eigenvalue weighted by Gasteiger charge is -2.07. The van der Waals surface area contributed by atoms with Crippen molar-refractivity contribution in [2.75, 3.05) is 13.2 Å². The first-order valence-corrected chi connectivity index (χ1v) is 5.76. The standard InChI is InChI=1S/C13H20O3/c1-11-8-12(15)10-13(9-11)16-7-5-3-2-4-6-14/h8-10,14-15H,2-7H2,1H3. The van der Waals surface area contributed by atoms with Crippen LogP contribution in [0.15, 0.2) is 18.2 Å². The quantitative estimate of drug-likeness (QED) is 0.700. The summed E-state index contributed by atoms with van der Waals surface area (Å²) in [4.78, 5) is 0. The van der Waals surface area contributed by atoms with Crippen LogP contribution in [0.1, 0.15) is 31.2 Å². The summed E-state index contributed by atoms with van der Waals surface area (Å²) in [6.45, 7) is 2.86. The van der Waals surface area contributed by atoms with Crippen molar-refractivity contribution in [3.05, 3.63) is 23.8 Å². The Balaban J connectivity index is 2.21. The number of aromatic hydroxyl groups is 1. The third kappa shape index (κ3) is 5.03. The molecule has 0 radical (unpaired) electrons. The van der Waals surface area contributed by atoms with Crippen molar-refractivity contribution >= 4 is 0 Å². The van der Waals surface area contributed by atoms with E-state index >= 15 is 0 Å². The maximum atomic E-state index is 9.36. The third-order valence-electron chi connectivity index (χ3n) is 2.36. The Bertz CT molecular complexity index is 290. The second kappa shape index (κ2) is 7.12. The van der Waals surface area contributed by atoms with Crippen LogP contribution < -0.4 is 4.74 Å². The van der Waals surface area contributed by atoms with Gasteiger partial charge in [-0.2, -0.15) is 0 Å². The van der Waals surface area contributed by atoms with Gasteiger partial charge in [0.1, 0.15) is 11.5 Å². The topological polar surface area (TPSA) is 49.7 Å². The van der Waals surface area contributed by atoms with Crippen LogP contribution in [0.3, 0.4) is 0 Å². The van der Waals surface area contributed by atoms with Gasteiger partial charge in [-0.3, -0.25) is 0 Å². The molecule has 2 N–H and O–H groups in total. The van der Waals surface area contributed by atoms with Gasteiger partial charge in [-0.05, 0) is 43.9 Å². The Morgan fingerprint density at radius 1 is 1.06 bits per heavy atom. The molecule has 0 fully saturated rings. The summed E-state index contributed by atoms with van der Waals surface area (Å²) < 4.78 is 5.53. The molecular weight excluding hydrogens is 204 g/mol. The van der Waals surface area contributed by atoms with E-state index in [1.165, 1.54) is 0 Å². The normalized spacial score (nSPS) is 10.4. The van der Waals surface area contributed by atoms with Gasteiger partial charge in [0, 0.05) is 12.7 Å². The number of phenols is 1. The average molecular weight is 224 g/mol. The zero-order valence-corrected chi connectivity index (χ0v) is 9.78. The van der Waals surface area contributed by atoms with Crippen molar-refractivity contribution in [3.8, 4) is 11.5 Å². The minimum absolute atomic E-state index is 0.246. The first kappa shape index (κ1) is 12.8. The van der Waals surface area contributed by atoms with E-state index in [0.717, 1.165) is 37.0 Å². The molecule has 0 bridgehead atoms. The second-order valence-electron chi connectivity index (χ2n) is 3.99. The number of phenolic OH excluding ortho intramolecular Hbond substituents is 1. The van der Waals surface area contributed by atoms with E-state index in [9.17, 15) is 5.11 Å². The van der Waals surface area contributed by atoms with Crippen molar-refractivity contribution in [3.63, 3.8) is 0 Å². The molecular formula is C13H20O3. The minimum Gasteiger partial charge on any atom is -0.508 e. The predicted octanol–water partition coefficient (Wildman–Crippen LogP) is 2.63. The van der Waals surface area contributed by atoms with Crippen molar-refractivity contribution in [1.82, 2.24) is 0 Å². The van der Waals surface area contributed by atoms with Crippen LogP contribution in [0.4, 0.5) is 0 Å². The number of benzene rings is 1. The van der Waals surface area contributed by atoms with Crippen LogP contribution in [-0.4, -0.2) is 23.4 Å². The maximum absolute atomic E-state index is 9.36. The van der Waals surface area contributed by atoms with E-state index in [0.29, 0.717) is 6.61 Å². The molecule has 1 aromatic rings. The van der Waals surface area contributed by atoms with E-state index in [1.807, 2.05) is 13.0 Å². The van der Waals surface area contributed by atoms with E-state index < -0.39 is 0 Å². The lowest BCUT2D eigenvalue weighted by Crippen LogP contribution is -1.97. The van der Waals surface area contributed by atoms with Crippen molar-refractivity contribution < 1.29 is 14.9 Å². The number of aliphatic hydroxyl groups excluding tert-OH is 1. The van der Waals surface area contributed by atoms with Gasteiger partial charge < -0.3 is 14.9 Å². The first-order valence-electron chi connectivity index (χ1n) is 5.76. The van der Waals surface area contributed by atoms with Gasteiger partial charge in [0.25, 0.3) is 0 Å². The number of ether oxygens (including phenoxy) is 1. The van der Waals surface area contributed by atoms with Crippen LogP contribution in [0.5, 0.6) is 11.5 Å². The van der Waals surface area contributed by atoms with Gasteiger partial charge in [-0.25, -0.2) is 0 Å².